The molecule has 0 bridgehead atoms. The molecule has 1 atom stereocenters. The zero-order chi connectivity index (χ0) is 21.4. The highest BCUT2D eigenvalue weighted by Crippen LogP contribution is 2.42. The molecule has 1 aliphatic rings. The highest BCUT2D eigenvalue weighted by atomic mass is 19.1. The lowest BCUT2D eigenvalue weighted by Crippen LogP contribution is -2.42. The van der Waals surface area contributed by atoms with E-state index in [1.807, 2.05) is 40.3 Å². The van der Waals surface area contributed by atoms with Crippen LogP contribution in [0.15, 0.2) is 42.7 Å². The van der Waals surface area contributed by atoms with Gasteiger partial charge >= 0.3 is 0 Å². The monoisotopic (exact) mass is 409 g/mol. The summed E-state index contributed by atoms with van der Waals surface area (Å²) in [6.45, 7) is 8.34. The Hall–Kier alpha value is -2.90. The van der Waals surface area contributed by atoms with E-state index < -0.39 is 6.35 Å². The highest BCUT2D eigenvalue weighted by Gasteiger charge is 2.33. The second-order valence-corrected chi connectivity index (χ2v) is 7.51. The Morgan fingerprint density at radius 3 is 2.40 bits per heavy atom. The number of benzene rings is 2. The summed E-state index contributed by atoms with van der Waals surface area (Å²) in [7, 11) is 0. The number of aliphatic hydroxyl groups excluding tert-OH is 1. The van der Waals surface area contributed by atoms with Gasteiger partial charge < -0.3 is 25.2 Å². The molecule has 0 radical (unpaired) electrons. The van der Waals surface area contributed by atoms with Crippen LogP contribution in [0.2, 0.25) is 0 Å². The average molecular weight is 410 g/mol. The predicted molar refractivity (Wildman–Crippen MR) is 119 cm³/mol. The van der Waals surface area contributed by atoms with Crippen molar-refractivity contribution in [1.29, 1.82) is 0 Å². The summed E-state index contributed by atoms with van der Waals surface area (Å²) in [6.07, 6.45) is 1.12. The molecule has 0 spiro atoms. The number of aromatic nitrogens is 2. The standard InChI is InChI=1S/C23H28FN5O/c1-4-28-19-9-7-17(13-20(19)29(5-2)23(28)30)22-21(26-14-27(22)11-10-25)16-6-8-18(24)15(3)12-16/h6-9,12-14,23,30H,4-5,10-11,25H2,1-3H3. The first-order chi connectivity index (χ1) is 14.5. The van der Waals surface area contributed by atoms with Gasteiger partial charge in [-0.1, -0.05) is 6.07 Å². The van der Waals surface area contributed by atoms with E-state index in [0.717, 1.165) is 40.4 Å². The average Bonchev–Trinajstić information content (AvgIpc) is 3.27. The van der Waals surface area contributed by atoms with Gasteiger partial charge in [-0.25, -0.2) is 9.37 Å². The third-order valence-corrected chi connectivity index (χ3v) is 5.75. The molecular weight excluding hydrogens is 381 g/mol. The Kier molecular flexibility index (Phi) is 5.49. The van der Waals surface area contributed by atoms with Crippen LogP contribution in [-0.4, -0.2) is 40.6 Å². The van der Waals surface area contributed by atoms with Gasteiger partial charge in [0.2, 0.25) is 6.35 Å². The van der Waals surface area contributed by atoms with Crippen LogP contribution < -0.4 is 15.5 Å². The number of aliphatic hydroxyl groups is 1. The lowest BCUT2D eigenvalue weighted by molar-refractivity contribution is 0.174. The second-order valence-electron chi connectivity index (χ2n) is 7.51. The van der Waals surface area contributed by atoms with Crippen molar-refractivity contribution in [2.24, 2.45) is 5.73 Å². The van der Waals surface area contributed by atoms with Crippen LogP contribution in [0.3, 0.4) is 0 Å². The molecule has 4 rings (SSSR count). The quantitative estimate of drug-likeness (QED) is 0.651. The third kappa shape index (κ3) is 3.24. The molecule has 2 heterocycles. The third-order valence-electron chi connectivity index (χ3n) is 5.75. The van der Waals surface area contributed by atoms with Crippen LogP contribution in [0.25, 0.3) is 22.5 Å². The molecule has 0 aliphatic carbocycles. The van der Waals surface area contributed by atoms with E-state index in [1.54, 1.807) is 19.3 Å². The molecule has 3 N–H and O–H groups in total. The minimum Gasteiger partial charge on any atom is -0.356 e. The van der Waals surface area contributed by atoms with Gasteiger partial charge in [0.25, 0.3) is 0 Å². The number of imidazole rings is 1. The van der Waals surface area contributed by atoms with Crippen molar-refractivity contribution in [3.05, 3.63) is 54.1 Å². The molecule has 158 valence electrons. The van der Waals surface area contributed by atoms with Crippen LogP contribution in [0.1, 0.15) is 19.4 Å². The summed E-state index contributed by atoms with van der Waals surface area (Å²) in [6, 6.07) is 11.3. The summed E-state index contributed by atoms with van der Waals surface area (Å²) >= 11 is 0. The molecule has 0 saturated carbocycles. The van der Waals surface area contributed by atoms with E-state index in [1.165, 1.54) is 6.07 Å². The Bertz CT molecular complexity index is 1060. The van der Waals surface area contributed by atoms with E-state index in [4.69, 9.17) is 5.73 Å². The van der Waals surface area contributed by atoms with E-state index in [-0.39, 0.29) is 5.82 Å². The van der Waals surface area contributed by atoms with Crippen LogP contribution in [-0.2, 0) is 6.54 Å². The number of nitrogens with two attached hydrogens (primary N) is 1. The summed E-state index contributed by atoms with van der Waals surface area (Å²) in [5, 5.41) is 10.7. The topological polar surface area (TPSA) is 70.5 Å². The predicted octanol–water partition coefficient (Wildman–Crippen LogP) is 3.57. The fraction of sp³-hybridized carbons (Fsp3) is 0.348. The molecule has 0 fully saturated rings. The first kappa shape index (κ1) is 20.4. The lowest BCUT2D eigenvalue weighted by atomic mass is 10.0. The molecule has 3 aromatic rings. The Balaban J connectivity index is 1.87. The smallest absolute Gasteiger partial charge is 0.208 e. The van der Waals surface area contributed by atoms with Crippen LogP contribution in [0.4, 0.5) is 15.8 Å². The molecule has 0 saturated heterocycles. The van der Waals surface area contributed by atoms with E-state index >= 15 is 0 Å². The summed E-state index contributed by atoms with van der Waals surface area (Å²) in [5.74, 6) is -0.230. The van der Waals surface area contributed by atoms with Crippen molar-refractivity contribution in [1.82, 2.24) is 9.55 Å². The molecule has 0 amide bonds. The fourth-order valence-electron chi connectivity index (χ4n) is 4.22. The van der Waals surface area contributed by atoms with Gasteiger partial charge in [0.1, 0.15) is 5.82 Å². The first-order valence-electron chi connectivity index (χ1n) is 10.4. The van der Waals surface area contributed by atoms with Gasteiger partial charge in [-0.05, 0) is 56.7 Å². The normalized spacial score (nSPS) is 15.7. The fourth-order valence-corrected chi connectivity index (χ4v) is 4.22. The SMILES string of the molecule is CCN1c2ccc(-c3c(-c4ccc(F)c(C)c4)ncn3CCN)cc2N(CC)C1O. The Morgan fingerprint density at radius 2 is 1.73 bits per heavy atom. The van der Waals surface area contributed by atoms with Gasteiger partial charge in [0, 0.05) is 37.3 Å². The van der Waals surface area contributed by atoms with Crippen molar-refractivity contribution < 1.29 is 9.50 Å². The number of anilines is 2. The zero-order valence-corrected chi connectivity index (χ0v) is 17.6. The van der Waals surface area contributed by atoms with Gasteiger partial charge in [0.05, 0.1) is 29.1 Å². The summed E-state index contributed by atoms with van der Waals surface area (Å²) in [5.41, 5.74) is 12.0. The number of halogens is 1. The number of fused-ring (bicyclic) bond motifs is 1. The summed E-state index contributed by atoms with van der Waals surface area (Å²) < 4.78 is 15.9. The molecule has 7 heteroatoms. The molecule has 2 aromatic carbocycles. The van der Waals surface area contributed by atoms with Crippen LogP contribution in [0.5, 0.6) is 0 Å². The molecule has 30 heavy (non-hydrogen) atoms. The van der Waals surface area contributed by atoms with Crippen molar-refractivity contribution in [2.45, 2.75) is 33.7 Å². The van der Waals surface area contributed by atoms with Crippen molar-refractivity contribution >= 4 is 11.4 Å². The van der Waals surface area contributed by atoms with Crippen molar-refractivity contribution in [3.63, 3.8) is 0 Å². The number of rotatable bonds is 6. The maximum absolute atomic E-state index is 13.8. The number of nitrogens with zero attached hydrogens (tertiary/aromatic N) is 4. The lowest BCUT2D eigenvalue weighted by Gasteiger charge is -2.26. The minimum absolute atomic E-state index is 0.230. The van der Waals surface area contributed by atoms with Gasteiger partial charge in [-0.3, -0.25) is 0 Å². The van der Waals surface area contributed by atoms with E-state index in [0.29, 0.717) is 25.2 Å². The summed E-state index contributed by atoms with van der Waals surface area (Å²) in [4.78, 5) is 8.60. The van der Waals surface area contributed by atoms with Crippen LogP contribution >= 0.6 is 0 Å². The van der Waals surface area contributed by atoms with Crippen molar-refractivity contribution in [2.75, 3.05) is 29.4 Å². The van der Waals surface area contributed by atoms with E-state index in [9.17, 15) is 9.50 Å². The number of aryl methyl sites for hydroxylation is 1. The molecule has 1 unspecified atom stereocenters. The van der Waals surface area contributed by atoms with Crippen molar-refractivity contribution in [3.8, 4) is 22.5 Å². The first-order valence-corrected chi connectivity index (χ1v) is 10.4. The second kappa shape index (κ2) is 8.08. The molecular formula is C23H28FN5O. The van der Waals surface area contributed by atoms with Gasteiger partial charge in [-0.15, -0.1) is 0 Å². The Morgan fingerprint density at radius 1 is 1.03 bits per heavy atom. The van der Waals surface area contributed by atoms with Crippen LogP contribution in [0, 0.1) is 12.7 Å². The maximum atomic E-state index is 13.8. The van der Waals surface area contributed by atoms with Gasteiger partial charge in [0.15, 0.2) is 0 Å². The largest absolute Gasteiger partial charge is 0.356 e. The maximum Gasteiger partial charge on any atom is 0.208 e. The molecule has 1 aromatic heterocycles. The zero-order valence-electron chi connectivity index (χ0n) is 17.6. The number of hydrogen-bond donors (Lipinski definition) is 2. The highest BCUT2D eigenvalue weighted by molar-refractivity contribution is 5.86. The molecule has 6 nitrogen and oxygen atoms in total. The molecule has 1 aliphatic heterocycles. The minimum atomic E-state index is -0.668. The van der Waals surface area contributed by atoms with E-state index in [2.05, 4.69) is 17.1 Å². The Labute approximate surface area is 176 Å². The number of hydrogen-bond acceptors (Lipinski definition) is 5. The van der Waals surface area contributed by atoms with Gasteiger partial charge in [-0.2, -0.15) is 0 Å².